The summed E-state index contributed by atoms with van der Waals surface area (Å²) in [5.74, 6) is -0.933. The molecule has 29 heavy (non-hydrogen) atoms. The van der Waals surface area contributed by atoms with Crippen molar-refractivity contribution in [3.8, 4) is 0 Å². The van der Waals surface area contributed by atoms with Gasteiger partial charge in [-0.1, -0.05) is 48.0 Å². The zero-order chi connectivity index (χ0) is 21.4. The molecule has 6 N–H and O–H groups in total. The van der Waals surface area contributed by atoms with Gasteiger partial charge in [0.25, 0.3) is 0 Å². The molecule has 0 aromatic heterocycles. The Bertz CT molecular complexity index is 940. The van der Waals surface area contributed by atoms with Gasteiger partial charge in [0.05, 0.1) is 16.7 Å². The second-order valence-corrected chi connectivity index (χ2v) is 8.91. The Labute approximate surface area is 170 Å². The number of ether oxygens (including phenoxy) is 1. The molecular weight excluding hydrogens is 392 g/mol. The molecule has 0 bridgehead atoms. The van der Waals surface area contributed by atoms with Crippen LogP contribution < -0.4 is 17.2 Å². The Balaban J connectivity index is 2.13. The molecule has 2 rings (SSSR count). The highest BCUT2D eigenvalue weighted by molar-refractivity contribution is 7.92. The van der Waals surface area contributed by atoms with Crippen molar-refractivity contribution in [2.24, 2.45) is 22.2 Å². The molecule has 0 aliphatic heterocycles. The summed E-state index contributed by atoms with van der Waals surface area (Å²) < 4.78 is 31.3. The highest BCUT2D eigenvalue weighted by Gasteiger charge is 2.32. The van der Waals surface area contributed by atoms with Crippen LogP contribution in [0.15, 0.2) is 64.5 Å². The predicted octanol–water partition coefficient (Wildman–Crippen LogP) is 0.872. The zero-order valence-electron chi connectivity index (χ0n) is 16.2. The van der Waals surface area contributed by atoms with Gasteiger partial charge in [0, 0.05) is 0 Å². The van der Waals surface area contributed by atoms with Crippen molar-refractivity contribution in [3.05, 3.63) is 65.7 Å². The predicted molar refractivity (Wildman–Crippen MR) is 112 cm³/mol. The van der Waals surface area contributed by atoms with Crippen LogP contribution in [-0.4, -0.2) is 38.2 Å². The molecule has 1 unspecified atom stereocenters. The molecule has 0 fully saturated rings. The first kappa shape index (κ1) is 22.4. The van der Waals surface area contributed by atoms with E-state index < -0.39 is 27.1 Å². The van der Waals surface area contributed by atoms with Crippen molar-refractivity contribution in [1.82, 2.24) is 0 Å². The van der Waals surface area contributed by atoms with Gasteiger partial charge in [-0.25, -0.2) is 8.42 Å². The third-order valence-electron chi connectivity index (χ3n) is 4.31. The lowest BCUT2D eigenvalue weighted by atomic mass is 10.1. The summed E-state index contributed by atoms with van der Waals surface area (Å²) in [7, 11) is -3.82. The van der Waals surface area contributed by atoms with E-state index in [0.29, 0.717) is 0 Å². The van der Waals surface area contributed by atoms with Gasteiger partial charge in [-0.05, 0) is 31.0 Å². The minimum atomic E-state index is -3.82. The molecule has 0 spiro atoms. The molecule has 9 heteroatoms. The van der Waals surface area contributed by atoms with E-state index in [4.69, 9.17) is 21.9 Å². The van der Waals surface area contributed by atoms with Crippen LogP contribution in [0.3, 0.4) is 0 Å². The second-order valence-electron chi connectivity index (χ2n) is 6.68. The Morgan fingerprint density at radius 1 is 1.07 bits per heavy atom. The molecule has 8 nitrogen and oxygen atoms in total. The average molecular weight is 419 g/mol. The monoisotopic (exact) mass is 418 g/mol. The standard InChI is InChI=1S/C20H26N4O4S/c1-14-7-9-16(10-8-14)29(26,27)17(12-24-20(22)23)11-18(21)19(25)28-13-15-5-3-2-4-6-15/h2-10,17-18H,11-13,21H2,1H3,(H4,22,23,24)/t17?,18-/m0/s1. The van der Waals surface area contributed by atoms with Crippen molar-refractivity contribution in [1.29, 1.82) is 0 Å². The van der Waals surface area contributed by atoms with Crippen molar-refractivity contribution in [3.63, 3.8) is 0 Å². The van der Waals surface area contributed by atoms with E-state index in [1.165, 1.54) is 12.1 Å². The molecule has 0 saturated heterocycles. The number of nitrogens with two attached hydrogens (primary N) is 3. The molecule has 0 aliphatic carbocycles. The number of hydrogen-bond acceptors (Lipinski definition) is 6. The summed E-state index contributed by atoms with van der Waals surface area (Å²) in [4.78, 5) is 16.2. The van der Waals surface area contributed by atoms with E-state index in [1.807, 2.05) is 37.3 Å². The Morgan fingerprint density at radius 3 is 2.28 bits per heavy atom. The number of benzene rings is 2. The van der Waals surface area contributed by atoms with E-state index in [2.05, 4.69) is 4.99 Å². The first-order valence-electron chi connectivity index (χ1n) is 9.02. The number of esters is 1. The highest BCUT2D eigenvalue weighted by atomic mass is 32.2. The summed E-state index contributed by atoms with van der Waals surface area (Å²) in [5, 5.41) is -1.08. The van der Waals surface area contributed by atoms with Crippen LogP contribution in [0.1, 0.15) is 17.5 Å². The molecule has 0 aliphatic rings. The lowest BCUT2D eigenvalue weighted by Crippen LogP contribution is -2.40. The lowest BCUT2D eigenvalue weighted by Gasteiger charge is -2.19. The number of rotatable bonds is 9. The number of carbonyl (C=O) groups is 1. The molecule has 156 valence electrons. The largest absolute Gasteiger partial charge is 0.460 e. The SMILES string of the molecule is Cc1ccc(S(=O)(=O)C(CN=C(N)N)C[C@H](N)C(=O)OCc2ccccc2)cc1. The van der Waals surface area contributed by atoms with Gasteiger partial charge in [-0.15, -0.1) is 0 Å². The number of hydrogen-bond donors (Lipinski definition) is 3. The van der Waals surface area contributed by atoms with Gasteiger partial charge in [-0.3, -0.25) is 9.79 Å². The normalized spacial score (nSPS) is 13.3. The van der Waals surface area contributed by atoms with Crippen LogP contribution in [0.2, 0.25) is 0 Å². The maximum absolute atomic E-state index is 13.0. The van der Waals surface area contributed by atoms with Crippen LogP contribution in [0.25, 0.3) is 0 Å². The molecule has 0 heterocycles. The maximum Gasteiger partial charge on any atom is 0.323 e. The number of aliphatic imine (C=N–C) groups is 1. The molecule has 0 radical (unpaired) electrons. The van der Waals surface area contributed by atoms with Crippen LogP contribution in [0.5, 0.6) is 0 Å². The second kappa shape index (κ2) is 10.0. The van der Waals surface area contributed by atoms with Crippen molar-refractivity contribution < 1.29 is 17.9 Å². The first-order chi connectivity index (χ1) is 13.7. The molecule has 0 amide bonds. The summed E-state index contributed by atoms with van der Waals surface area (Å²) >= 11 is 0. The third kappa shape index (κ3) is 6.58. The average Bonchev–Trinajstić information content (AvgIpc) is 2.69. The zero-order valence-corrected chi connectivity index (χ0v) is 17.0. The Morgan fingerprint density at radius 2 is 1.69 bits per heavy atom. The van der Waals surface area contributed by atoms with Gasteiger partial charge in [0.1, 0.15) is 12.6 Å². The fourth-order valence-corrected chi connectivity index (χ4v) is 4.27. The van der Waals surface area contributed by atoms with Crippen molar-refractivity contribution >= 4 is 21.8 Å². The fraction of sp³-hybridized carbons (Fsp3) is 0.300. The molecule has 0 saturated carbocycles. The molecule has 2 aromatic rings. The van der Waals surface area contributed by atoms with E-state index in [1.54, 1.807) is 12.1 Å². The molecular formula is C20H26N4O4S. The Hall–Kier alpha value is -2.91. The summed E-state index contributed by atoms with van der Waals surface area (Å²) in [6.45, 7) is 1.70. The van der Waals surface area contributed by atoms with Crippen LogP contribution >= 0.6 is 0 Å². The van der Waals surface area contributed by atoms with Gasteiger partial charge in [-0.2, -0.15) is 0 Å². The van der Waals surface area contributed by atoms with E-state index in [9.17, 15) is 13.2 Å². The van der Waals surface area contributed by atoms with Crippen molar-refractivity contribution in [2.45, 2.75) is 36.1 Å². The van der Waals surface area contributed by atoms with Gasteiger partial charge in [0.15, 0.2) is 15.8 Å². The maximum atomic E-state index is 13.0. The number of aryl methyl sites for hydroxylation is 1. The van der Waals surface area contributed by atoms with Gasteiger partial charge >= 0.3 is 5.97 Å². The third-order valence-corrected chi connectivity index (χ3v) is 6.46. The van der Waals surface area contributed by atoms with Gasteiger partial charge < -0.3 is 21.9 Å². The number of guanidine groups is 1. The smallest absolute Gasteiger partial charge is 0.323 e. The van der Waals surface area contributed by atoms with Crippen LogP contribution in [-0.2, 0) is 26.0 Å². The van der Waals surface area contributed by atoms with E-state index in [-0.39, 0.29) is 30.4 Å². The van der Waals surface area contributed by atoms with Crippen LogP contribution in [0, 0.1) is 6.92 Å². The van der Waals surface area contributed by atoms with E-state index >= 15 is 0 Å². The fourth-order valence-electron chi connectivity index (χ4n) is 2.64. The van der Waals surface area contributed by atoms with Gasteiger partial charge in [0.2, 0.25) is 0 Å². The van der Waals surface area contributed by atoms with Crippen LogP contribution in [0.4, 0.5) is 0 Å². The lowest BCUT2D eigenvalue weighted by molar-refractivity contribution is -0.146. The number of nitrogens with zero attached hydrogens (tertiary/aromatic N) is 1. The summed E-state index contributed by atoms with van der Waals surface area (Å²) in [5.41, 5.74) is 18.4. The molecule has 2 atom stereocenters. The minimum Gasteiger partial charge on any atom is -0.460 e. The summed E-state index contributed by atoms with van der Waals surface area (Å²) in [6, 6.07) is 14.4. The number of sulfone groups is 1. The minimum absolute atomic E-state index is 0.0522. The summed E-state index contributed by atoms with van der Waals surface area (Å²) in [6.07, 6.45) is -0.180. The Kier molecular flexibility index (Phi) is 7.74. The van der Waals surface area contributed by atoms with E-state index in [0.717, 1.165) is 11.1 Å². The first-order valence-corrected chi connectivity index (χ1v) is 10.6. The quantitative estimate of drug-likeness (QED) is 0.310. The highest BCUT2D eigenvalue weighted by Crippen LogP contribution is 2.21. The van der Waals surface area contributed by atoms with Crippen molar-refractivity contribution in [2.75, 3.05) is 6.54 Å². The molecule has 2 aromatic carbocycles. The topological polar surface area (TPSA) is 151 Å². The number of carbonyl (C=O) groups excluding carboxylic acids is 1.